The number of rotatable bonds is 5. The average molecular weight is 437 g/mol. The van der Waals surface area contributed by atoms with E-state index in [0.29, 0.717) is 29.4 Å². The number of carbonyl (C=O) groups is 1. The fourth-order valence-corrected chi connectivity index (χ4v) is 3.76. The number of aliphatic hydroxyl groups excluding tert-OH is 1. The maximum Gasteiger partial charge on any atom is 0.346 e. The predicted octanol–water partition coefficient (Wildman–Crippen LogP) is 5.94. The first-order valence-electron chi connectivity index (χ1n) is 11.1. The summed E-state index contributed by atoms with van der Waals surface area (Å²) in [4.78, 5) is 13.0. The van der Waals surface area contributed by atoms with Crippen LogP contribution in [0.4, 0.5) is 0 Å². The number of hydrogen-bond donors (Lipinski definition) is 1. The van der Waals surface area contributed by atoms with Crippen molar-refractivity contribution in [2.75, 3.05) is 7.11 Å². The molecule has 32 heavy (non-hydrogen) atoms. The Morgan fingerprint density at radius 3 is 2.56 bits per heavy atom. The Labute approximate surface area is 190 Å². The standard InChI is InChI=1S/C27H32O5/c1-16(2)8-7-9-19-13-18(5)14-20-15-31-27(29)24-23(32-25(19)20)11-10-21(26(24)30-6)22(28)12-17(3)4/h10-11,13-14,16-17,22,28H,8,12,15H2,1-6H3. The Bertz CT molecular complexity index is 1060. The van der Waals surface area contributed by atoms with E-state index in [9.17, 15) is 9.90 Å². The van der Waals surface area contributed by atoms with Gasteiger partial charge >= 0.3 is 5.97 Å². The second-order valence-corrected chi connectivity index (χ2v) is 9.09. The molecule has 3 rings (SSSR count). The third kappa shape index (κ3) is 5.26. The number of cyclic esters (lactones) is 1. The van der Waals surface area contributed by atoms with E-state index in [2.05, 4.69) is 25.7 Å². The summed E-state index contributed by atoms with van der Waals surface area (Å²) in [5, 5.41) is 10.7. The van der Waals surface area contributed by atoms with Crippen LogP contribution < -0.4 is 9.47 Å². The van der Waals surface area contributed by atoms with Gasteiger partial charge in [-0.2, -0.15) is 0 Å². The van der Waals surface area contributed by atoms with Crippen molar-refractivity contribution >= 4 is 5.97 Å². The summed E-state index contributed by atoms with van der Waals surface area (Å²) in [7, 11) is 1.48. The Morgan fingerprint density at radius 2 is 1.91 bits per heavy atom. The zero-order chi connectivity index (χ0) is 23.4. The van der Waals surface area contributed by atoms with Crippen LogP contribution in [0.15, 0.2) is 24.3 Å². The van der Waals surface area contributed by atoms with E-state index in [1.165, 1.54) is 7.11 Å². The normalized spacial score (nSPS) is 13.7. The Hall–Kier alpha value is -2.97. The molecule has 5 heteroatoms. The lowest BCUT2D eigenvalue weighted by Gasteiger charge is -2.24. The minimum Gasteiger partial charge on any atom is -0.495 e. The van der Waals surface area contributed by atoms with Crippen LogP contribution in [0.2, 0.25) is 0 Å². The molecule has 1 aliphatic heterocycles. The Morgan fingerprint density at radius 1 is 1.16 bits per heavy atom. The van der Waals surface area contributed by atoms with Crippen LogP contribution in [0.1, 0.15) is 79.3 Å². The van der Waals surface area contributed by atoms with Crippen molar-refractivity contribution in [3.8, 4) is 29.1 Å². The molecule has 170 valence electrons. The summed E-state index contributed by atoms with van der Waals surface area (Å²) in [6, 6.07) is 7.36. The van der Waals surface area contributed by atoms with Crippen LogP contribution in [0.3, 0.4) is 0 Å². The molecule has 1 atom stereocenters. The van der Waals surface area contributed by atoms with Crippen molar-refractivity contribution < 1.29 is 24.1 Å². The Balaban J connectivity index is 2.12. The monoisotopic (exact) mass is 436 g/mol. The SMILES string of the molecule is COc1c(C(O)CC(C)C)ccc2c1C(=O)OCc1cc(C)cc(C#CCC(C)C)c1O2. The van der Waals surface area contributed by atoms with Crippen molar-refractivity contribution in [3.05, 3.63) is 52.1 Å². The van der Waals surface area contributed by atoms with E-state index in [1.807, 2.05) is 32.9 Å². The van der Waals surface area contributed by atoms with Crippen LogP contribution in [-0.4, -0.2) is 18.2 Å². The number of aliphatic hydroxyl groups is 1. The maximum absolute atomic E-state index is 13.0. The number of methoxy groups -OCH3 is 1. The summed E-state index contributed by atoms with van der Waals surface area (Å²) in [5.74, 6) is 7.83. The first kappa shape index (κ1) is 23.7. The van der Waals surface area contributed by atoms with Crippen LogP contribution in [-0.2, 0) is 11.3 Å². The van der Waals surface area contributed by atoms with Gasteiger partial charge in [0, 0.05) is 17.5 Å². The van der Waals surface area contributed by atoms with E-state index < -0.39 is 12.1 Å². The third-order valence-corrected chi connectivity index (χ3v) is 5.23. The summed E-state index contributed by atoms with van der Waals surface area (Å²) in [6.45, 7) is 10.4. The van der Waals surface area contributed by atoms with Crippen LogP contribution in [0.5, 0.6) is 17.2 Å². The largest absolute Gasteiger partial charge is 0.495 e. The molecule has 2 aromatic rings. The molecule has 1 unspecified atom stereocenters. The van der Waals surface area contributed by atoms with Crippen molar-refractivity contribution in [1.29, 1.82) is 0 Å². The number of ether oxygens (including phenoxy) is 3. The van der Waals surface area contributed by atoms with E-state index in [1.54, 1.807) is 12.1 Å². The molecule has 0 fully saturated rings. The maximum atomic E-state index is 13.0. The number of fused-ring (bicyclic) bond motifs is 2. The molecular formula is C27H32O5. The van der Waals surface area contributed by atoms with Gasteiger partial charge in [-0.25, -0.2) is 4.79 Å². The number of aryl methyl sites for hydroxylation is 1. The van der Waals surface area contributed by atoms with Gasteiger partial charge in [0.25, 0.3) is 0 Å². The smallest absolute Gasteiger partial charge is 0.346 e. The second-order valence-electron chi connectivity index (χ2n) is 9.09. The van der Waals surface area contributed by atoms with Gasteiger partial charge in [-0.1, -0.05) is 39.5 Å². The fraction of sp³-hybridized carbons (Fsp3) is 0.444. The van der Waals surface area contributed by atoms with Gasteiger partial charge in [0.15, 0.2) is 0 Å². The predicted molar refractivity (Wildman–Crippen MR) is 124 cm³/mol. The highest BCUT2D eigenvalue weighted by atomic mass is 16.5. The highest BCUT2D eigenvalue weighted by molar-refractivity contribution is 5.96. The fourth-order valence-electron chi connectivity index (χ4n) is 3.76. The van der Waals surface area contributed by atoms with Gasteiger partial charge in [0.1, 0.15) is 29.4 Å². The number of esters is 1. The zero-order valence-corrected chi connectivity index (χ0v) is 19.7. The zero-order valence-electron chi connectivity index (χ0n) is 19.7. The van der Waals surface area contributed by atoms with Crippen molar-refractivity contribution in [2.24, 2.45) is 11.8 Å². The van der Waals surface area contributed by atoms with E-state index in [0.717, 1.165) is 23.1 Å². The lowest BCUT2D eigenvalue weighted by atomic mass is 9.96. The molecule has 5 nitrogen and oxygen atoms in total. The number of benzene rings is 2. The van der Waals surface area contributed by atoms with E-state index in [4.69, 9.17) is 14.2 Å². The third-order valence-electron chi connectivity index (χ3n) is 5.23. The molecular weight excluding hydrogens is 404 g/mol. The summed E-state index contributed by atoms with van der Waals surface area (Å²) in [6.07, 6.45) is 0.558. The topological polar surface area (TPSA) is 65.0 Å². The minimum absolute atomic E-state index is 0.0656. The van der Waals surface area contributed by atoms with Gasteiger partial charge in [0.05, 0.1) is 18.8 Å². The second kappa shape index (κ2) is 10.1. The van der Waals surface area contributed by atoms with Gasteiger partial charge < -0.3 is 19.3 Å². The highest BCUT2D eigenvalue weighted by Gasteiger charge is 2.29. The van der Waals surface area contributed by atoms with Gasteiger partial charge in [-0.15, -0.1) is 0 Å². The van der Waals surface area contributed by atoms with Crippen LogP contribution in [0, 0.1) is 30.6 Å². The van der Waals surface area contributed by atoms with Gasteiger partial charge in [-0.3, -0.25) is 0 Å². The number of carbonyl (C=O) groups excluding carboxylic acids is 1. The molecule has 0 spiro atoms. The van der Waals surface area contributed by atoms with Crippen LogP contribution in [0.25, 0.3) is 0 Å². The molecule has 1 heterocycles. The lowest BCUT2D eigenvalue weighted by Crippen LogP contribution is -2.15. The molecule has 1 aliphatic rings. The molecule has 0 amide bonds. The molecule has 2 aromatic carbocycles. The molecule has 0 aliphatic carbocycles. The summed E-state index contributed by atoms with van der Waals surface area (Å²) < 4.78 is 17.5. The molecule has 0 radical (unpaired) electrons. The average Bonchev–Trinajstić information content (AvgIpc) is 2.71. The molecule has 1 N–H and O–H groups in total. The molecule has 0 bridgehead atoms. The van der Waals surface area contributed by atoms with E-state index >= 15 is 0 Å². The Kier molecular flexibility index (Phi) is 7.48. The number of hydrogen-bond acceptors (Lipinski definition) is 5. The quantitative estimate of drug-likeness (QED) is 0.464. The van der Waals surface area contributed by atoms with Gasteiger partial charge in [-0.05, 0) is 55.0 Å². The summed E-state index contributed by atoms with van der Waals surface area (Å²) >= 11 is 0. The lowest BCUT2D eigenvalue weighted by molar-refractivity contribution is 0.0454. The first-order chi connectivity index (χ1) is 15.2. The summed E-state index contributed by atoms with van der Waals surface area (Å²) in [5.41, 5.74) is 3.26. The minimum atomic E-state index is -0.763. The van der Waals surface area contributed by atoms with Crippen molar-refractivity contribution in [1.82, 2.24) is 0 Å². The van der Waals surface area contributed by atoms with E-state index in [-0.39, 0.29) is 23.8 Å². The van der Waals surface area contributed by atoms with Crippen LogP contribution >= 0.6 is 0 Å². The van der Waals surface area contributed by atoms with Gasteiger partial charge in [0.2, 0.25) is 0 Å². The first-order valence-corrected chi connectivity index (χ1v) is 11.1. The highest BCUT2D eigenvalue weighted by Crippen LogP contribution is 2.42. The molecule has 0 aromatic heterocycles. The van der Waals surface area contributed by atoms with Crippen molar-refractivity contribution in [2.45, 2.75) is 60.2 Å². The molecule has 0 saturated carbocycles. The van der Waals surface area contributed by atoms with Crippen molar-refractivity contribution in [3.63, 3.8) is 0 Å². The molecule has 0 saturated heterocycles.